The zero-order chi connectivity index (χ0) is 68.0. The molecule has 0 aliphatic rings. The topological polar surface area (TPSA) is 237 Å². The Bertz CT molecular complexity index is 1800. The Morgan fingerprint density at radius 1 is 0.315 bits per heavy atom. The van der Waals surface area contributed by atoms with Crippen LogP contribution in [0, 0.1) is 17.8 Å². The maximum absolute atomic E-state index is 13.1. The first-order valence-corrected chi connectivity index (χ1v) is 40.9. The normalized spacial score (nSPS) is 14.4. The fraction of sp³-hybridized carbons (Fsp3) is 0.945. The van der Waals surface area contributed by atoms with Crippen molar-refractivity contribution in [2.75, 3.05) is 39.6 Å². The Labute approximate surface area is 562 Å². The molecule has 0 aromatic heterocycles. The zero-order valence-electron chi connectivity index (χ0n) is 60.0. The van der Waals surface area contributed by atoms with Crippen molar-refractivity contribution in [3.05, 3.63) is 0 Å². The van der Waals surface area contributed by atoms with Crippen molar-refractivity contribution in [3.63, 3.8) is 0 Å². The number of phosphoric ester groups is 2. The van der Waals surface area contributed by atoms with Gasteiger partial charge < -0.3 is 33.8 Å². The number of hydrogen-bond donors (Lipinski definition) is 3. The van der Waals surface area contributed by atoms with Crippen LogP contribution < -0.4 is 0 Å². The predicted molar refractivity (Wildman–Crippen MR) is 372 cm³/mol. The van der Waals surface area contributed by atoms with Crippen LogP contribution in [-0.4, -0.2) is 96.7 Å². The second-order valence-electron chi connectivity index (χ2n) is 27.5. The molecule has 0 bridgehead atoms. The first-order chi connectivity index (χ1) is 44.3. The molecule has 0 fully saturated rings. The summed E-state index contributed by atoms with van der Waals surface area (Å²) in [6, 6.07) is 0. The lowest BCUT2D eigenvalue weighted by Gasteiger charge is -2.21. The fourth-order valence-electron chi connectivity index (χ4n) is 11.0. The van der Waals surface area contributed by atoms with Crippen molar-refractivity contribution in [2.45, 2.75) is 388 Å². The van der Waals surface area contributed by atoms with Gasteiger partial charge in [0, 0.05) is 25.7 Å². The van der Waals surface area contributed by atoms with Gasteiger partial charge in [0.2, 0.25) is 0 Å². The number of esters is 4. The van der Waals surface area contributed by atoms with Crippen LogP contribution >= 0.6 is 15.6 Å². The molecule has 0 aliphatic carbocycles. The van der Waals surface area contributed by atoms with Crippen molar-refractivity contribution >= 4 is 39.5 Å². The number of aliphatic hydroxyl groups is 1. The van der Waals surface area contributed by atoms with Crippen LogP contribution in [0.5, 0.6) is 0 Å². The molecule has 92 heavy (non-hydrogen) atoms. The van der Waals surface area contributed by atoms with Gasteiger partial charge in [0.05, 0.1) is 26.4 Å². The van der Waals surface area contributed by atoms with Gasteiger partial charge in [-0.3, -0.25) is 37.3 Å². The standard InChI is InChI=1S/C73H142O17P2/c1-8-10-11-37-47-54-70(75)83-60-68(90-73(78)57-50-43-36-35-40-46-53-66(7)9-2)62-87-91(79,80)85-58-67(74)59-86-92(81,82)88-63-69(61-84-71(76)55-48-41-33-29-25-22-18-20-24-28-32-39-45-52-65(5)6)89-72(77)56-49-42-34-30-26-21-17-15-13-12-14-16-19-23-27-31-38-44-51-64(3)4/h64-69,74H,8-63H2,1-7H3,(H,79,80)(H,81,82)/t66?,67-,68+,69+/m0/s1. The second-order valence-corrected chi connectivity index (χ2v) is 30.4. The van der Waals surface area contributed by atoms with Gasteiger partial charge in [-0.2, -0.15) is 0 Å². The highest BCUT2D eigenvalue weighted by Crippen LogP contribution is 2.45. The molecule has 0 amide bonds. The van der Waals surface area contributed by atoms with Crippen LogP contribution in [0.25, 0.3) is 0 Å². The van der Waals surface area contributed by atoms with E-state index < -0.39 is 97.5 Å². The van der Waals surface area contributed by atoms with Crippen LogP contribution in [-0.2, 0) is 65.4 Å². The number of aliphatic hydroxyl groups excluding tert-OH is 1. The zero-order valence-corrected chi connectivity index (χ0v) is 61.8. The van der Waals surface area contributed by atoms with Gasteiger partial charge in [0.1, 0.15) is 19.3 Å². The number of carbonyl (C=O) groups is 4. The number of ether oxygens (including phenoxy) is 4. The summed E-state index contributed by atoms with van der Waals surface area (Å²) in [5.74, 6) is 0.196. The molecule has 546 valence electrons. The van der Waals surface area contributed by atoms with Gasteiger partial charge in [-0.15, -0.1) is 0 Å². The van der Waals surface area contributed by atoms with E-state index in [2.05, 4.69) is 48.5 Å². The van der Waals surface area contributed by atoms with Crippen LogP contribution in [0.3, 0.4) is 0 Å². The van der Waals surface area contributed by atoms with Crippen LogP contribution in [0.2, 0.25) is 0 Å². The molecular formula is C73H142O17P2. The van der Waals surface area contributed by atoms with Crippen molar-refractivity contribution in [1.82, 2.24) is 0 Å². The largest absolute Gasteiger partial charge is 0.472 e. The molecule has 19 heteroatoms. The summed E-state index contributed by atoms with van der Waals surface area (Å²) >= 11 is 0. The summed E-state index contributed by atoms with van der Waals surface area (Å²) in [6.45, 7) is 11.8. The molecule has 0 radical (unpaired) electrons. The molecule has 0 heterocycles. The number of hydrogen-bond acceptors (Lipinski definition) is 15. The molecule has 0 aromatic rings. The number of rotatable bonds is 71. The van der Waals surface area contributed by atoms with E-state index in [0.29, 0.717) is 25.7 Å². The van der Waals surface area contributed by atoms with Crippen molar-refractivity contribution in [3.8, 4) is 0 Å². The van der Waals surface area contributed by atoms with Crippen LogP contribution in [0.1, 0.15) is 370 Å². The minimum absolute atomic E-state index is 0.102. The second kappa shape index (κ2) is 63.8. The Kier molecular flexibility index (Phi) is 62.4. The Hall–Kier alpha value is -1.94. The summed E-state index contributed by atoms with van der Waals surface area (Å²) in [5, 5.41) is 10.6. The highest BCUT2D eigenvalue weighted by atomic mass is 31.2. The van der Waals surface area contributed by atoms with Crippen LogP contribution in [0.15, 0.2) is 0 Å². The molecule has 0 rings (SSSR count). The summed E-state index contributed by atoms with van der Waals surface area (Å²) in [4.78, 5) is 72.3. The van der Waals surface area contributed by atoms with E-state index in [0.717, 1.165) is 114 Å². The molecule has 6 atom stereocenters. The highest BCUT2D eigenvalue weighted by molar-refractivity contribution is 7.47. The van der Waals surface area contributed by atoms with Gasteiger partial charge >= 0.3 is 39.5 Å². The molecular weight excluding hydrogens is 1210 g/mol. The van der Waals surface area contributed by atoms with E-state index >= 15 is 0 Å². The quantitative estimate of drug-likeness (QED) is 0.0222. The Morgan fingerprint density at radius 3 is 0.826 bits per heavy atom. The first-order valence-electron chi connectivity index (χ1n) is 37.9. The lowest BCUT2D eigenvalue weighted by molar-refractivity contribution is -0.161. The van der Waals surface area contributed by atoms with E-state index in [1.54, 1.807) is 0 Å². The number of phosphoric acid groups is 2. The maximum atomic E-state index is 13.1. The predicted octanol–water partition coefficient (Wildman–Crippen LogP) is 21.0. The third-order valence-electron chi connectivity index (χ3n) is 17.2. The fourth-order valence-corrected chi connectivity index (χ4v) is 12.6. The molecule has 17 nitrogen and oxygen atoms in total. The molecule has 3 N–H and O–H groups in total. The third kappa shape index (κ3) is 65.4. The Morgan fingerprint density at radius 2 is 0.554 bits per heavy atom. The van der Waals surface area contributed by atoms with Gasteiger partial charge in [-0.1, -0.05) is 318 Å². The smallest absolute Gasteiger partial charge is 0.462 e. The monoisotopic (exact) mass is 1350 g/mol. The summed E-state index contributed by atoms with van der Waals surface area (Å²) in [6.07, 6.45) is 49.2. The number of unbranched alkanes of at least 4 members (excludes halogenated alkanes) is 38. The summed E-state index contributed by atoms with van der Waals surface area (Å²) in [5.41, 5.74) is 0. The maximum Gasteiger partial charge on any atom is 0.472 e. The molecule has 0 saturated carbocycles. The summed E-state index contributed by atoms with van der Waals surface area (Å²) in [7, 11) is -9.89. The Balaban J connectivity index is 5.12. The van der Waals surface area contributed by atoms with Crippen molar-refractivity contribution in [1.29, 1.82) is 0 Å². The number of carbonyl (C=O) groups excluding carboxylic acids is 4. The SMILES string of the molecule is CCCCCCCC(=O)OC[C@H](COP(=O)(O)OC[C@H](O)COP(=O)(O)OC[C@@H](COC(=O)CCCCCCCCCCCCCCCC(C)C)OC(=O)CCCCCCCCCCCCCCCCCCCCC(C)C)OC(=O)CCCCCCCCC(C)CC. The van der Waals surface area contributed by atoms with Crippen molar-refractivity contribution in [2.24, 2.45) is 17.8 Å². The minimum Gasteiger partial charge on any atom is -0.462 e. The molecule has 0 aromatic carbocycles. The molecule has 3 unspecified atom stereocenters. The van der Waals surface area contributed by atoms with Gasteiger partial charge in [-0.05, 0) is 43.4 Å². The summed E-state index contributed by atoms with van der Waals surface area (Å²) < 4.78 is 68.1. The lowest BCUT2D eigenvalue weighted by Crippen LogP contribution is -2.30. The van der Waals surface area contributed by atoms with E-state index in [-0.39, 0.29) is 25.7 Å². The first kappa shape index (κ1) is 90.1. The van der Waals surface area contributed by atoms with E-state index in [4.69, 9.17) is 37.0 Å². The highest BCUT2D eigenvalue weighted by Gasteiger charge is 2.30. The van der Waals surface area contributed by atoms with E-state index in [1.807, 2.05) is 0 Å². The van der Waals surface area contributed by atoms with Crippen LogP contribution in [0.4, 0.5) is 0 Å². The van der Waals surface area contributed by atoms with E-state index in [9.17, 15) is 43.2 Å². The molecule has 0 aliphatic heterocycles. The van der Waals surface area contributed by atoms with Gasteiger partial charge in [0.15, 0.2) is 12.2 Å². The average Bonchev–Trinajstić information content (AvgIpc) is 2.33. The molecule has 0 saturated heterocycles. The molecule has 0 spiro atoms. The van der Waals surface area contributed by atoms with E-state index in [1.165, 1.54) is 173 Å². The average molecular weight is 1350 g/mol. The van der Waals surface area contributed by atoms with Gasteiger partial charge in [0.25, 0.3) is 0 Å². The lowest BCUT2D eigenvalue weighted by atomic mass is 10.00. The third-order valence-corrected chi connectivity index (χ3v) is 19.1. The van der Waals surface area contributed by atoms with Crippen molar-refractivity contribution < 1.29 is 80.2 Å². The van der Waals surface area contributed by atoms with Gasteiger partial charge in [-0.25, -0.2) is 9.13 Å². The minimum atomic E-state index is -4.95.